The monoisotopic (exact) mass is 357 g/mol. The number of hydrogen-bond donors (Lipinski definition) is 2. The van der Waals surface area contributed by atoms with Gasteiger partial charge in [0.2, 0.25) is 5.91 Å². The third-order valence-electron chi connectivity index (χ3n) is 4.54. The lowest BCUT2D eigenvalue weighted by atomic mass is 9.95. The van der Waals surface area contributed by atoms with Gasteiger partial charge in [-0.05, 0) is 51.4 Å². The van der Waals surface area contributed by atoms with Crippen LogP contribution in [0.15, 0.2) is 48.5 Å². The Hall–Kier alpha value is -3.93. The highest BCUT2D eigenvalue weighted by molar-refractivity contribution is 6.10. The van der Waals surface area contributed by atoms with E-state index in [0.29, 0.717) is 26.8 Å². The molecule has 0 fully saturated rings. The minimum Gasteiger partial charge on any atom is -0.478 e. The first-order valence-electron chi connectivity index (χ1n) is 8.11. The van der Waals surface area contributed by atoms with Gasteiger partial charge in [0.05, 0.1) is 5.56 Å². The minimum absolute atomic E-state index is 0.124. The van der Waals surface area contributed by atoms with Crippen LogP contribution < -0.4 is 21.5 Å². The Balaban J connectivity index is 1.99. The summed E-state index contributed by atoms with van der Waals surface area (Å²) in [6.07, 6.45) is 2.79. The molecule has 0 aromatic heterocycles. The number of carbonyl (C=O) groups is 3. The van der Waals surface area contributed by atoms with E-state index in [0.717, 1.165) is 11.1 Å². The SMILES string of the molecule is NC(=O)c1ccc(-c2ccc3c(C(=O)O)cc4c(c3c2)=C[N]C(=O)C=4)cc1. The van der Waals surface area contributed by atoms with Crippen LogP contribution in [0.4, 0.5) is 0 Å². The van der Waals surface area contributed by atoms with E-state index in [1.165, 1.54) is 18.3 Å². The average Bonchev–Trinajstić information content (AvgIpc) is 2.66. The fraction of sp³-hybridized carbons (Fsp3) is 0. The Morgan fingerprint density at radius 2 is 1.63 bits per heavy atom. The van der Waals surface area contributed by atoms with Gasteiger partial charge in [-0.2, -0.15) is 0 Å². The number of amides is 2. The van der Waals surface area contributed by atoms with Crippen molar-refractivity contribution in [3.63, 3.8) is 0 Å². The van der Waals surface area contributed by atoms with E-state index in [1.807, 2.05) is 12.1 Å². The summed E-state index contributed by atoms with van der Waals surface area (Å²) in [6.45, 7) is 0. The first-order valence-corrected chi connectivity index (χ1v) is 8.11. The zero-order valence-corrected chi connectivity index (χ0v) is 14.0. The first-order chi connectivity index (χ1) is 12.9. The second-order valence-electron chi connectivity index (χ2n) is 6.17. The van der Waals surface area contributed by atoms with Gasteiger partial charge in [-0.25, -0.2) is 10.1 Å². The minimum atomic E-state index is -1.07. The van der Waals surface area contributed by atoms with Crippen LogP contribution in [0.3, 0.4) is 0 Å². The van der Waals surface area contributed by atoms with Crippen LogP contribution in [0.25, 0.3) is 34.2 Å². The first kappa shape index (κ1) is 16.5. The number of hydrogen-bond acceptors (Lipinski definition) is 3. The molecule has 6 heteroatoms. The molecule has 0 unspecified atom stereocenters. The predicted octanol–water partition coefficient (Wildman–Crippen LogP) is 0.967. The fourth-order valence-corrected chi connectivity index (χ4v) is 3.21. The van der Waals surface area contributed by atoms with E-state index in [2.05, 4.69) is 5.32 Å². The van der Waals surface area contributed by atoms with Crippen LogP contribution in [-0.4, -0.2) is 22.9 Å². The summed E-state index contributed by atoms with van der Waals surface area (Å²) < 4.78 is 0. The number of nitrogens with two attached hydrogens (primary N) is 1. The summed E-state index contributed by atoms with van der Waals surface area (Å²) in [6, 6.07) is 13.7. The summed E-state index contributed by atoms with van der Waals surface area (Å²) in [4.78, 5) is 34.5. The van der Waals surface area contributed by atoms with Crippen molar-refractivity contribution in [3.05, 3.63) is 70.1 Å². The van der Waals surface area contributed by atoms with Crippen molar-refractivity contribution >= 4 is 40.8 Å². The van der Waals surface area contributed by atoms with Crippen molar-refractivity contribution in [3.8, 4) is 11.1 Å². The zero-order chi connectivity index (χ0) is 19.1. The number of aromatic carboxylic acids is 1. The lowest BCUT2D eigenvalue weighted by Crippen LogP contribution is -2.34. The normalized spacial score (nSPS) is 12.5. The van der Waals surface area contributed by atoms with E-state index >= 15 is 0 Å². The number of carboxylic acid groups (broad SMARTS) is 1. The van der Waals surface area contributed by atoms with Gasteiger partial charge >= 0.3 is 5.97 Å². The highest BCUT2D eigenvalue weighted by Gasteiger charge is 2.14. The van der Waals surface area contributed by atoms with Crippen molar-refractivity contribution in [1.82, 2.24) is 5.32 Å². The zero-order valence-electron chi connectivity index (χ0n) is 14.0. The van der Waals surface area contributed by atoms with Crippen molar-refractivity contribution in [2.45, 2.75) is 0 Å². The van der Waals surface area contributed by atoms with Gasteiger partial charge in [-0.1, -0.05) is 24.3 Å². The molecule has 131 valence electrons. The molecule has 3 aromatic carbocycles. The number of primary amides is 1. The Kier molecular flexibility index (Phi) is 3.74. The highest BCUT2D eigenvalue weighted by atomic mass is 16.4. The maximum Gasteiger partial charge on any atom is 0.336 e. The van der Waals surface area contributed by atoms with Crippen LogP contribution in [0, 0.1) is 0 Å². The van der Waals surface area contributed by atoms with Gasteiger partial charge in [0.1, 0.15) is 0 Å². The predicted molar refractivity (Wildman–Crippen MR) is 100 cm³/mol. The molecule has 2 amide bonds. The summed E-state index contributed by atoms with van der Waals surface area (Å²) in [5.74, 6) is -1.99. The molecular formula is C21H13N2O4. The molecule has 3 N–H and O–H groups in total. The molecule has 1 heterocycles. The molecule has 6 nitrogen and oxygen atoms in total. The third-order valence-corrected chi connectivity index (χ3v) is 4.54. The molecule has 0 bridgehead atoms. The Bertz CT molecular complexity index is 1260. The number of benzene rings is 3. The molecule has 0 atom stereocenters. The Labute approximate surface area is 153 Å². The molecule has 3 aromatic rings. The second kappa shape index (κ2) is 6.10. The topological polar surface area (TPSA) is 112 Å². The third kappa shape index (κ3) is 2.83. The number of carboxylic acids is 1. The van der Waals surface area contributed by atoms with Crippen LogP contribution in [0.5, 0.6) is 0 Å². The molecule has 0 spiro atoms. The van der Waals surface area contributed by atoms with Gasteiger partial charge in [0.15, 0.2) is 0 Å². The highest BCUT2D eigenvalue weighted by Crippen LogP contribution is 2.25. The average molecular weight is 357 g/mol. The van der Waals surface area contributed by atoms with Crippen molar-refractivity contribution in [2.75, 3.05) is 0 Å². The maximum atomic E-state index is 11.7. The molecule has 0 saturated carbocycles. The van der Waals surface area contributed by atoms with Crippen LogP contribution in [0.2, 0.25) is 0 Å². The van der Waals surface area contributed by atoms with E-state index in [4.69, 9.17) is 5.73 Å². The quantitative estimate of drug-likeness (QED) is 0.727. The van der Waals surface area contributed by atoms with E-state index in [-0.39, 0.29) is 5.56 Å². The molecule has 1 radical (unpaired) electrons. The maximum absolute atomic E-state index is 11.7. The van der Waals surface area contributed by atoms with E-state index in [9.17, 15) is 19.5 Å². The summed E-state index contributed by atoms with van der Waals surface area (Å²) in [5, 5.41) is 15.8. The number of carbonyl (C=O) groups excluding carboxylic acids is 2. The number of nitrogens with zero attached hydrogens (tertiary/aromatic N) is 1. The van der Waals surface area contributed by atoms with Crippen LogP contribution in [-0.2, 0) is 4.79 Å². The number of fused-ring (bicyclic) bond motifs is 3. The lowest BCUT2D eigenvalue weighted by molar-refractivity contribution is -0.114. The second-order valence-corrected chi connectivity index (χ2v) is 6.17. The molecule has 1 aliphatic rings. The smallest absolute Gasteiger partial charge is 0.336 e. The molecule has 27 heavy (non-hydrogen) atoms. The summed E-state index contributed by atoms with van der Waals surface area (Å²) in [5.41, 5.74) is 7.49. The summed E-state index contributed by atoms with van der Waals surface area (Å²) >= 11 is 0. The van der Waals surface area contributed by atoms with E-state index in [1.54, 1.807) is 30.3 Å². The van der Waals surface area contributed by atoms with Gasteiger partial charge in [-0.3, -0.25) is 9.59 Å². The molecule has 1 aliphatic heterocycles. The fourth-order valence-electron chi connectivity index (χ4n) is 3.21. The van der Waals surface area contributed by atoms with Gasteiger partial charge in [-0.15, -0.1) is 0 Å². The molecule has 4 rings (SSSR count). The standard InChI is InChI=1S/C21H13N2O4/c22-20(25)12-3-1-11(2-4-12)13-5-6-15-16(7-13)18-10-23-19(24)9-14(18)8-17(15)21(26)27/h1-10H,(H2,22,25)(H,26,27). The Morgan fingerprint density at radius 3 is 2.30 bits per heavy atom. The molecule has 0 saturated heterocycles. The summed E-state index contributed by atoms with van der Waals surface area (Å²) in [7, 11) is 0. The van der Waals surface area contributed by atoms with Gasteiger partial charge in [0.25, 0.3) is 5.91 Å². The molecule has 0 aliphatic carbocycles. The van der Waals surface area contributed by atoms with Crippen molar-refractivity contribution in [1.29, 1.82) is 0 Å². The largest absolute Gasteiger partial charge is 0.478 e. The van der Waals surface area contributed by atoms with E-state index < -0.39 is 17.8 Å². The Morgan fingerprint density at radius 1 is 0.926 bits per heavy atom. The van der Waals surface area contributed by atoms with Crippen LogP contribution in [0.1, 0.15) is 20.7 Å². The van der Waals surface area contributed by atoms with Gasteiger partial charge < -0.3 is 10.8 Å². The lowest BCUT2D eigenvalue weighted by Gasteiger charge is -2.10. The van der Waals surface area contributed by atoms with Crippen molar-refractivity contribution in [2.24, 2.45) is 5.73 Å². The van der Waals surface area contributed by atoms with Crippen molar-refractivity contribution < 1.29 is 19.5 Å². The number of rotatable bonds is 3. The molecular weight excluding hydrogens is 344 g/mol. The van der Waals surface area contributed by atoms with Gasteiger partial charge in [0, 0.05) is 23.1 Å². The van der Waals surface area contributed by atoms with Crippen LogP contribution >= 0.6 is 0 Å².